The van der Waals surface area contributed by atoms with Crippen LogP contribution in [0.3, 0.4) is 0 Å². The second kappa shape index (κ2) is 8.14. The molecular weight excluding hydrogens is 394 g/mol. The van der Waals surface area contributed by atoms with Crippen molar-refractivity contribution in [3.05, 3.63) is 54.4 Å². The van der Waals surface area contributed by atoms with Crippen molar-refractivity contribution in [2.75, 3.05) is 0 Å². The summed E-state index contributed by atoms with van der Waals surface area (Å²) in [6.45, 7) is 6.03. The van der Waals surface area contributed by atoms with E-state index in [2.05, 4.69) is 9.97 Å². The quantitative estimate of drug-likeness (QED) is 0.473. The molecule has 1 heterocycles. The molecule has 7 nitrogen and oxygen atoms in total. The molecule has 0 amide bonds. The number of aromatic nitrogens is 2. The van der Waals surface area contributed by atoms with Crippen molar-refractivity contribution in [1.82, 2.24) is 9.97 Å². The van der Waals surface area contributed by atoms with E-state index >= 15 is 4.39 Å². The van der Waals surface area contributed by atoms with Gasteiger partial charge in [-0.2, -0.15) is 0 Å². The van der Waals surface area contributed by atoms with Gasteiger partial charge in [0.2, 0.25) is 0 Å². The van der Waals surface area contributed by atoms with Gasteiger partial charge in [-0.05, 0) is 33.8 Å². The van der Waals surface area contributed by atoms with Crippen LogP contribution in [-0.2, 0) is 28.2 Å². The van der Waals surface area contributed by atoms with Gasteiger partial charge in [-0.1, -0.05) is 30.3 Å². The molecule has 2 rings (SSSR count). The molecule has 1 unspecified atom stereocenters. The summed E-state index contributed by atoms with van der Waals surface area (Å²) >= 11 is 0. The van der Waals surface area contributed by atoms with E-state index in [-0.39, 0.29) is 5.56 Å². The number of nitrogens with zero attached hydrogens (tertiary/aromatic N) is 2. The number of sulfone groups is 1. The Morgan fingerprint density at radius 3 is 1.89 bits per heavy atom. The normalized spacial score (nSPS) is 15.1. The highest BCUT2D eigenvalue weighted by Crippen LogP contribution is 2.70. The monoisotopic (exact) mass is 416 g/mol. The lowest BCUT2D eigenvalue weighted by atomic mass is 10.2. The maximum Gasteiger partial charge on any atom is 0.388 e. The number of rotatable bonds is 8. The zero-order valence-corrected chi connectivity index (χ0v) is 17.2. The lowest BCUT2D eigenvalue weighted by Gasteiger charge is -2.33. The Bertz CT molecular complexity index is 895. The Balaban J connectivity index is 2.83. The molecule has 0 bridgehead atoms. The van der Waals surface area contributed by atoms with E-state index < -0.39 is 39.5 Å². The summed E-state index contributed by atoms with van der Waals surface area (Å²) in [4.78, 5) is 7.29. The van der Waals surface area contributed by atoms with Crippen LogP contribution in [0.5, 0.6) is 0 Å². The highest BCUT2D eigenvalue weighted by Gasteiger charge is 2.65. The van der Waals surface area contributed by atoms with Crippen LogP contribution in [0.2, 0.25) is 0 Å². The highest BCUT2D eigenvalue weighted by molar-refractivity contribution is 7.98. The summed E-state index contributed by atoms with van der Waals surface area (Å²) in [5.41, 5.74) is -0.387. The van der Waals surface area contributed by atoms with E-state index in [1.54, 1.807) is 6.07 Å². The minimum Gasteiger partial charge on any atom is -0.303 e. The van der Waals surface area contributed by atoms with E-state index in [9.17, 15) is 13.0 Å². The molecule has 0 aliphatic carbocycles. The Morgan fingerprint density at radius 2 is 1.44 bits per heavy atom. The first kappa shape index (κ1) is 21.6. The third-order valence-electron chi connectivity index (χ3n) is 3.32. The summed E-state index contributed by atoms with van der Waals surface area (Å²) in [7, 11) is -9.90. The molecule has 1 aromatic heterocycles. The molecule has 148 valence electrons. The van der Waals surface area contributed by atoms with Crippen LogP contribution >= 0.6 is 7.60 Å². The van der Waals surface area contributed by atoms with E-state index in [1.807, 2.05) is 0 Å². The summed E-state index contributed by atoms with van der Waals surface area (Å²) < 4.78 is 63.7. The number of hydrogen-bond acceptors (Lipinski definition) is 7. The summed E-state index contributed by atoms with van der Waals surface area (Å²) in [5.74, 6) is 0. The fraction of sp³-hybridized carbons (Fsp3) is 0.412. The molecule has 0 saturated carbocycles. The molecule has 0 spiro atoms. The van der Waals surface area contributed by atoms with Crippen molar-refractivity contribution in [1.29, 1.82) is 0 Å². The number of hydrogen-bond donors (Lipinski definition) is 0. The Morgan fingerprint density at radius 1 is 0.963 bits per heavy atom. The first-order valence-electron chi connectivity index (χ1n) is 8.27. The molecule has 1 atom stereocenters. The van der Waals surface area contributed by atoms with E-state index in [0.29, 0.717) is 0 Å². The van der Waals surface area contributed by atoms with Crippen LogP contribution in [0.15, 0.2) is 53.9 Å². The van der Waals surface area contributed by atoms with Gasteiger partial charge >= 0.3 is 12.3 Å². The highest BCUT2D eigenvalue weighted by atomic mass is 32.2. The molecule has 0 radical (unpaired) electrons. The second-order valence-electron chi connectivity index (χ2n) is 6.27. The predicted molar refractivity (Wildman–Crippen MR) is 98.5 cm³/mol. The maximum atomic E-state index is 16.6. The van der Waals surface area contributed by atoms with E-state index in [1.165, 1.54) is 58.0 Å². The average Bonchev–Trinajstić information content (AvgIpc) is 2.60. The van der Waals surface area contributed by atoms with Gasteiger partial charge in [0, 0.05) is 18.0 Å². The third-order valence-corrected chi connectivity index (χ3v) is 8.71. The predicted octanol–water partition coefficient (Wildman–Crippen LogP) is 4.07. The van der Waals surface area contributed by atoms with Gasteiger partial charge in [-0.3, -0.25) is 4.57 Å². The van der Waals surface area contributed by atoms with Gasteiger partial charge in [-0.15, -0.1) is 0 Å². The van der Waals surface area contributed by atoms with Gasteiger partial charge in [-0.25, -0.2) is 22.8 Å². The van der Waals surface area contributed by atoms with Gasteiger partial charge in [0.1, 0.15) is 0 Å². The number of benzene rings is 1. The lowest BCUT2D eigenvalue weighted by Crippen LogP contribution is -2.35. The fourth-order valence-corrected chi connectivity index (χ4v) is 7.03. The molecule has 1 aromatic carbocycles. The van der Waals surface area contributed by atoms with Crippen LogP contribution in [-0.4, -0.2) is 30.6 Å². The molecule has 10 heteroatoms. The molecule has 27 heavy (non-hydrogen) atoms. The molecule has 0 saturated heterocycles. The number of halogens is 1. The largest absolute Gasteiger partial charge is 0.388 e. The van der Waals surface area contributed by atoms with Gasteiger partial charge in [0.05, 0.1) is 12.2 Å². The van der Waals surface area contributed by atoms with Crippen molar-refractivity contribution in [3.63, 3.8) is 0 Å². The molecule has 0 fully saturated rings. The number of alkyl halides is 1. The summed E-state index contributed by atoms with van der Waals surface area (Å²) in [6.07, 6.45) is 0.784. The lowest BCUT2D eigenvalue weighted by molar-refractivity contribution is 0.114. The Hall–Kier alpha value is -1.67. The first-order chi connectivity index (χ1) is 12.5. The van der Waals surface area contributed by atoms with Gasteiger partial charge < -0.3 is 9.05 Å². The van der Waals surface area contributed by atoms with Crippen molar-refractivity contribution in [2.24, 2.45) is 0 Å². The van der Waals surface area contributed by atoms with Crippen molar-refractivity contribution < 1.29 is 26.4 Å². The second-order valence-corrected chi connectivity index (χ2v) is 10.5. The molecular formula is C17H22FN2O5PS. The van der Waals surface area contributed by atoms with Crippen LogP contribution in [0.4, 0.5) is 4.39 Å². The van der Waals surface area contributed by atoms with Gasteiger partial charge in [0.25, 0.3) is 15.0 Å². The summed E-state index contributed by atoms with van der Waals surface area (Å²) in [6, 6.07) is 8.24. The van der Waals surface area contributed by atoms with E-state index in [0.717, 1.165) is 12.4 Å². The van der Waals surface area contributed by atoms with Gasteiger partial charge in [0.15, 0.2) is 0 Å². The zero-order valence-electron chi connectivity index (χ0n) is 15.4. The molecule has 0 N–H and O–H groups in total. The first-order valence-corrected chi connectivity index (χ1v) is 11.3. The van der Waals surface area contributed by atoms with E-state index in [4.69, 9.17) is 9.05 Å². The zero-order chi connectivity index (χ0) is 20.3. The topological polar surface area (TPSA) is 95.5 Å². The minimum absolute atomic E-state index is 0.387. The standard InChI is InChI=1S/C17H22FN2O5PS/c1-13(2)24-26(21,25-14(3)4)17(18,15-9-6-5-7-10-15)27(22,23)16-19-11-8-12-20-16/h5-14H,1-4H3. The average molecular weight is 416 g/mol. The molecule has 2 aromatic rings. The summed E-state index contributed by atoms with van der Waals surface area (Å²) in [5, 5.41) is -0.809. The molecule has 0 aliphatic rings. The Labute approximate surface area is 158 Å². The maximum absolute atomic E-state index is 16.6. The third kappa shape index (κ3) is 4.11. The van der Waals surface area contributed by atoms with Crippen LogP contribution in [0, 0.1) is 0 Å². The minimum atomic E-state index is -5.00. The molecule has 0 aliphatic heterocycles. The van der Waals surface area contributed by atoms with Crippen molar-refractivity contribution in [3.8, 4) is 0 Å². The smallest absolute Gasteiger partial charge is 0.303 e. The SMILES string of the molecule is CC(C)OP(=O)(OC(C)C)C(F)(c1ccccc1)S(=O)(=O)c1ncccn1. The van der Waals surface area contributed by atoms with Crippen molar-refractivity contribution >= 4 is 17.4 Å². The van der Waals surface area contributed by atoms with Crippen LogP contribution in [0.25, 0.3) is 0 Å². The Kier molecular flexibility index (Phi) is 6.52. The van der Waals surface area contributed by atoms with Crippen LogP contribution in [0.1, 0.15) is 33.3 Å². The van der Waals surface area contributed by atoms with Crippen LogP contribution < -0.4 is 0 Å². The fourth-order valence-electron chi connectivity index (χ4n) is 2.36. The van der Waals surface area contributed by atoms with Crippen molar-refractivity contribution in [2.45, 2.75) is 49.8 Å².